The van der Waals surface area contributed by atoms with Gasteiger partial charge in [0.1, 0.15) is 16.9 Å². The van der Waals surface area contributed by atoms with Crippen LogP contribution in [0.3, 0.4) is 0 Å². The van der Waals surface area contributed by atoms with E-state index >= 15 is 0 Å². The third kappa shape index (κ3) is 2.17. The van der Waals surface area contributed by atoms with Gasteiger partial charge in [0, 0.05) is 17.2 Å². The highest BCUT2D eigenvalue weighted by atomic mass is 32.2. The van der Waals surface area contributed by atoms with Gasteiger partial charge in [0.15, 0.2) is 5.65 Å². The number of nitrogens with one attached hydrogen (secondary N) is 1. The third-order valence-corrected chi connectivity index (χ3v) is 2.65. The Kier molecular flexibility index (Phi) is 3.01. The molecule has 0 amide bonds. The predicted octanol–water partition coefficient (Wildman–Crippen LogP) is 1.76. The monoisotopic (exact) mass is 221 g/mol. The minimum absolute atomic E-state index is 0.445. The zero-order valence-corrected chi connectivity index (χ0v) is 8.48. The van der Waals surface area contributed by atoms with Gasteiger partial charge in [-0.3, -0.25) is 0 Å². The summed E-state index contributed by atoms with van der Waals surface area (Å²) in [6.45, 7) is 0.445. The van der Waals surface area contributed by atoms with Gasteiger partial charge in [-0.1, -0.05) is 5.11 Å². The first-order chi connectivity index (χ1) is 7.42. The van der Waals surface area contributed by atoms with Gasteiger partial charge in [0.25, 0.3) is 0 Å². The molecule has 1 N–H and O–H groups in total. The molecule has 2 aromatic rings. The number of azide groups is 1. The van der Waals surface area contributed by atoms with Gasteiger partial charge >= 0.3 is 0 Å². The fourth-order valence-electron chi connectivity index (χ4n) is 1.08. The Morgan fingerprint density at radius 3 is 3.27 bits per heavy atom. The molecule has 7 nitrogen and oxygen atoms in total. The number of hydrogen-bond donors (Lipinski definition) is 1. The van der Waals surface area contributed by atoms with Crippen LogP contribution in [0.1, 0.15) is 0 Å². The van der Waals surface area contributed by atoms with Gasteiger partial charge in [-0.05, 0) is 5.53 Å². The second kappa shape index (κ2) is 4.63. The highest BCUT2D eigenvalue weighted by Crippen LogP contribution is 2.21. The molecule has 0 aliphatic heterocycles. The Hall–Kier alpha value is -1.79. The van der Waals surface area contributed by atoms with Crippen molar-refractivity contribution in [2.75, 3.05) is 12.3 Å². The van der Waals surface area contributed by atoms with Gasteiger partial charge in [-0.25, -0.2) is 15.0 Å². The summed E-state index contributed by atoms with van der Waals surface area (Å²) in [7, 11) is 0. The lowest BCUT2D eigenvalue weighted by Crippen LogP contribution is -1.89. The van der Waals surface area contributed by atoms with Crippen molar-refractivity contribution in [3.63, 3.8) is 0 Å². The molecule has 2 heterocycles. The topological polar surface area (TPSA) is 103 Å². The molecule has 0 aliphatic carbocycles. The molecule has 8 heteroatoms. The van der Waals surface area contributed by atoms with E-state index in [2.05, 4.69) is 30.0 Å². The van der Waals surface area contributed by atoms with E-state index in [9.17, 15) is 0 Å². The second-order valence-electron chi connectivity index (χ2n) is 2.58. The number of thioether (sulfide) groups is 1. The maximum Gasteiger partial charge on any atom is 0.181 e. The van der Waals surface area contributed by atoms with E-state index in [1.807, 2.05) is 0 Å². The summed E-state index contributed by atoms with van der Waals surface area (Å²) < 4.78 is 0. The van der Waals surface area contributed by atoms with Gasteiger partial charge in [-0.2, -0.15) is 0 Å². The number of nitrogens with zero attached hydrogens (tertiary/aromatic N) is 6. The van der Waals surface area contributed by atoms with Crippen molar-refractivity contribution in [2.24, 2.45) is 5.11 Å². The van der Waals surface area contributed by atoms with E-state index in [1.165, 1.54) is 18.1 Å². The highest BCUT2D eigenvalue weighted by molar-refractivity contribution is 7.99. The van der Waals surface area contributed by atoms with Crippen LogP contribution in [-0.2, 0) is 0 Å². The van der Waals surface area contributed by atoms with Crippen LogP contribution in [0.2, 0.25) is 0 Å². The zero-order valence-electron chi connectivity index (χ0n) is 7.66. The predicted molar refractivity (Wildman–Crippen MR) is 56.4 cm³/mol. The Morgan fingerprint density at radius 2 is 2.40 bits per heavy atom. The van der Waals surface area contributed by atoms with Crippen LogP contribution in [0.15, 0.2) is 22.8 Å². The highest BCUT2D eigenvalue weighted by Gasteiger charge is 2.04. The first-order valence-electron chi connectivity index (χ1n) is 4.19. The molecular formula is C7H7N7S. The maximum atomic E-state index is 8.11. The average molecular weight is 221 g/mol. The minimum atomic E-state index is 0.445. The SMILES string of the molecule is [N-]=[N+]=NCCSc1ncnc2nc[nH]c12. The van der Waals surface area contributed by atoms with Crippen LogP contribution in [0.5, 0.6) is 0 Å². The Morgan fingerprint density at radius 1 is 1.47 bits per heavy atom. The number of rotatable bonds is 4. The standard InChI is InChI=1S/C7H7N7S/c8-14-13-1-2-15-7-5-6(10-3-9-5)11-4-12-7/h3-4H,1-2H2,(H,9,10,11,12). The largest absolute Gasteiger partial charge is 0.341 e. The van der Waals surface area contributed by atoms with E-state index in [0.717, 1.165) is 10.5 Å². The fourth-order valence-corrected chi connectivity index (χ4v) is 1.86. The first kappa shape index (κ1) is 9.75. The molecular weight excluding hydrogens is 214 g/mol. The van der Waals surface area contributed by atoms with Crippen molar-refractivity contribution >= 4 is 22.9 Å². The minimum Gasteiger partial charge on any atom is -0.341 e. The van der Waals surface area contributed by atoms with E-state index in [-0.39, 0.29) is 0 Å². The van der Waals surface area contributed by atoms with Crippen LogP contribution < -0.4 is 0 Å². The Balaban J connectivity index is 2.13. The maximum absolute atomic E-state index is 8.11. The fraction of sp³-hybridized carbons (Fsp3) is 0.286. The van der Waals surface area contributed by atoms with E-state index in [1.54, 1.807) is 6.33 Å². The number of H-pyrrole nitrogens is 1. The molecule has 76 valence electrons. The third-order valence-electron chi connectivity index (χ3n) is 1.68. The lowest BCUT2D eigenvalue weighted by Gasteiger charge is -1.98. The van der Waals surface area contributed by atoms with Crippen molar-refractivity contribution < 1.29 is 0 Å². The van der Waals surface area contributed by atoms with E-state index < -0.39 is 0 Å². The van der Waals surface area contributed by atoms with Gasteiger partial charge in [0.2, 0.25) is 0 Å². The first-order valence-corrected chi connectivity index (χ1v) is 5.18. The number of imidazole rings is 1. The Labute approximate surface area is 89.0 Å². The molecule has 2 aromatic heterocycles. The molecule has 15 heavy (non-hydrogen) atoms. The summed E-state index contributed by atoms with van der Waals surface area (Å²) >= 11 is 1.51. The van der Waals surface area contributed by atoms with Crippen LogP contribution in [-0.4, -0.2) is 32.2 Å². The molecule has 0 unspecified atom stereocenters. The number of aromatic nitrogens is 4. The molecule has 0 aromatic carbocycles. The van der Waals surface area contributed by atoms with Gasteiger partial charge < -0.3 is 4.98 Å². The molecule has 0 saturated carbocycles. The smallest absolute Gasteiger partial charge is 0.181 e. The number of aromatic amines is 1. The molecule has 0 radical (unpaired) electrons. The molecule has 0 atom stereocenters. The summed E-state index contributed by atoms with van der Waals surface area (Å²) in [5.41, 5.74) is 9.58. The van der Waals surface area contributed by atoms with Crippen LogP contribution in [0.25, 0.3) is 21.6 Å². The zero-order chi connectivity index (χ0) is 10.5. The molecule has 0 fully saturated rings. The van der Waals surface area contributed by atoms with Crippen molar-refractivity contribution in [2.45, 2.75) is 5.03 Å². The van der Waals surface area contributed by atoms with Crippen molar-refractivity contribution in [3.8, 4) is 0 Å². The normalized spacial score (nSPS) is 10.1. The van der Waals surface area contributed by atoms with E-state index in [0.29, 0.717) is 17.9 Å². The molecule has 2 rings (SSSR count). The summed E-state index contributed by atoms with van der Waals surface area (Å²) in [5.74, 6) is 0.690. The lowest BCUT2D eigenvalue weighted by molar-refractivity contribution is 1.07. The summed E-state index contributed by atoms with van der Waals surface area (Å²) in [6.07, 6.45) is 3.05. The van der Waals surface area contributed by atoms with Crippen molar-refractivity contribution in [1.29, 1.82) is 0 Å². The van der Waals surface area contributed by atoms with Gasteiger partial charge in [0.05, 0.1) is 6.33 Å². The average Bonchev–Trinajstić information content (AvgIpc) is 2.73. The Bertz CT molecular complexity index is 501. The summed E-state index contributed by atoms with van der Waals surface area (Å²) in [6, 6.07) is 0. The summed E-state index contributed by atoms with van der Waals surface area (Å²) in [4.78, 5) is 17.8. The molecule has 0 bridgehead atoms. The second-order valence-corrected chi connectivity index (χ2v) is 3.67. The van der Waals surface area contributed by atoms with Gasteiger partial charge in [-0.15, -0.1) is 11.8 Å². The lowest BCUT2D eigenvalue weighted by atomic mass is 10.6. The number of hydrogen-bond acceptors (Lipinski definition) is 5. The van der Waals surface area contributed by atoms with Crippen LogP contribution in [0.4, 0.5) is 0 Å². The quantitative estimate of drug-likeness (QED) is 0.212. The molecule has 0 saturated heterocycles. The summed E-state index contributed by atoms with van der Waals surface area (Å²) in [5, 5.41) is 4.27. The van der Waals surface area contributed by atoms with Crippen LogP contribution in [0, 0.1) is 0 Å². The van der Waals surface area contributed by atoms with E-state index in [4.69, 9.17) is 5.53 Å². The number of fused-ring (bicyclic) bond motifs is 1. The molecule has 0 spiro atoms. The van der Waals surface area contributed by atoms with Crippen molar-refractivity contribution in [3.05, 3.63) is 23.1 Å². The van der Waals surface area contributed by atoms with Crippen molar-refractivity contribution in [1.82, 2.24) is 19.9 Å². The van der Waals surface area contributed by atoms with Crippen LogP contribution >= 0.6 is 11.8 Å². The molecule has 0 aliphatic rings.